The number of rotatable bonds is 24. The largest absolute Gasteiger partial charge is 0.490 e. The van der Waals surface area contributed by atoms with E-state index in [1.54, 1.807) is 4.90 Å². The van der Waals surface area contributed by atoms with Crippen LogP contribution in [0.3, 0.4) is 0 Å². The first kappa shape index (κ1) is 45.0. The quantitative estimate of drug-likeness (QED) is 0.0743. The molecule has 5 aliphatic rings. The highest BCUT2D eigenvalue weighted by Crippen LogP contribution is 2.59. The van der Waals surface area contributed by atoms with Gasteiger partial charge in [0.25, 0.3) is 0 Å². The summed E-state index contributed by atoms with van der Waals surface area (Å²) in [6, 6.07) is 8.66. The van der Waals surface area contributed by atoms with Gasteiger partial charge in [0, 0.05) is 18.6 Å². The van der Waals surface area contributed by atoms with Crippen molar-refractivity contribution in [3.8, 4) is 11.8 Å². The maximum atomic E-state index is 13.3. The van der Waals surface area contributed by atoms with Gasteiger partial charge < -0.3 is 55.7 Å². The minimum atomic E-state index is -1.79. The average molecular weight is 802 g/mol. The standard InChI is InChI=1S/C42H67N5O10/c1-3-4-5-6-14-46(16-13-29-9-11-33(12-10-29)55-17-18-56-40(44)54)36(38(52)39(53)37(51)34(49)26-48)28(2)57-42-22-30-19-31(23-42)21-41(20-30,27-42)45-25-35(50)47-15-7-8-32(47)24-43/h9-12,28,30-32,34,36-39,45,48-49,51-53H,3-8,13-23,25-27H2,1-2H3,(H2,44,54)/t28?,30?,31?,32-,34+,36?,37+,38-,39-,41?,42?/m0/s1. The first-order valence-corrected chi connectivity index (χ1v) is 21.1. The molecule has 5 fully saturated rings. The van der Waals surface area contributed by atoms with Crippen LogP contribution in [-0.4, -0.2) is 147 Å². The Bertz CT molecular complexity index is 1460. The summed E-state index contributed by atoms with van der Waals surface area (Å²) in [6.45, 7) is 5.32. The Morgan fingerprint density at radius 3 is 2.39 bits per heavy atom. The first-order valence-electron chi connectivity index (χ1n) is 21.1. The van der Waals surface area contributed by atoms with Crippen molar-refractivity contribution >= 4 is 12.0 Å². The molecule has 1 heterocycles. The molecule has 15 heteroatoms. The minimum Gasteiger partial charge on any atom is -0.490 e. The summed E-state index contributed by atoms with van der Waals surface area (Å²) < 4.78 is 17.6. The van der Waals surface area contributed by atoms with Crippen molar-refractivity contribution in [1.82, 2.24) is 15.1 Å². The van der Waals surface area contributed by atoms with Crippen molar-refractivity contribution in [2.24, 2.45) is 17.6 Å². The van der Waals surface area contributed by atoms with Gasteiger partial charge in [0.2, 0.25) is 5.91 Å². The molecule has 0 radical (unpaired) electrons. The third-order valence-corrected chi connectivity index (χ3v) is 12.8. The molecular formula is C42H67N5O10. The van der Waals surface area contributed by atoms with Crippen molar-refractivity contribution in [2.75, 3.05) is 46.0 Å². The molecule has 8 N–H and O–H groups in total. The van der Waals surface area contributed by atoms with Crippen molar-refractivity contribution in [3.63, 3.8) is 0 Å². The van der Waals surface area contributed by atoms with E-state index in [-0.39, 0.29) is 37.2 Å². The van der Waals surface area contributed by atoms with Gasteiger partial charge in [0.05, 0.1) is 37.0 Å². The summed E-state index contributed by atoms with van der Waals surface area (Å²) in [5.41, 5.74) is 5.20. The highest BCUT2D eigenvalue weighted by molar-refractivity contribution is 5.79. The van der Waals surface area contributed by atoms with Crippen LogP contribution in [0.15, 0.2) is 24.3 Å². The number of primary amides is 1. The van der Waals surface area contributed by atoms with E-state index in [2.05, 4.69) is 23.2 Å². The second-order valence-electron chi connectivity index (χ2n) is 17.2. The highest BCUT2D eigenvalue weighted by atomic mass is 16.6. The van der Waals surface area contributed by atoms with E-state index >= 15 is 0 Å². The summed E-state index contributed by atoms with van der Waals surface area (Å²) in [6.07, 6.45) is 3.20. The van der Waals surface area contributed by atoms with E-state index in [1.165, 1.54) is 0 Å². The number of nitrogens with zero attached hydrogens (tertiary/aromatic N) is 3. The van der Waals surface area contributed by atoms with Crippen molar-refractivity contribution in [3.05, 3.63) is 29.8 Å². The number of hydrogen-bond donors (Lipinski definition) is 7. The van der Waals surface area contributed by atoms with Gasteiger partial charge in [-0.15, -0.1) is 0 Å². The van der Waals surface area contributed by atoms with Crippen LogP contribution in [0.4, 0.5) is 4.79 Å². The van der Waals surface area contributed by atoms with Crippen molar-refractivity contribution in [1.29, 1.82) is 5.26 Å². The molecule has 2 amide bonds. The number of unbranched alkanes of at least 4 members (excludes halogenated alkanes) is 3. The summed E-state index contributed by atoms with van der Waals surface area (Å²) in [5, 5.41) is 67.3. The Morgan fingerprint density at radius 1 is 1.02 bits per heavy atom. The van der Waals surface area contributed by atoms with Crippen LogP contribution in [-0.2, 0) is 20.7 Å². The van der Waals surface area contributed by atoms with Crippen LogP contribution in [0.2, 0.25) is 0 Å². The number of nitrogens with one attached hydrogen (secondary N) is 1. The van der Waals surface area contributed by atoms with E-state index in [9.17, 15) is 40.4 Å². The topological polar surface area (TPSA) is 231 Å². The highest BCUT2D eigenvalue weighted by Gasteiger charge is 2.59. The summed E-state index contributed by atoms with van der Waals surface area (Å²) >= 11 is 0. The van der Waals surface area contributed by atoms with Gasteiger partial charge in [0.1, 0.15) is 49.4 Å². The fourth-order valence-corrected chi connectivity index (χ4v) is 10.6. The molecule has 1 aromatic rings. The maximum Gasteiger partial charge on any atom is 0.404 e. The lowest BCUT2D eigenvalue weighted by Gasteiger charge is -2.62. The number of ether oxygens (including phenoxy) is 3. The number of amides is 2. The van der Waals surface area contributed by atoms with E-state index in [4.69, 9.17) is 19.9 Å². The molecular weight excluding hydrogens is 734 g/mol. The zero-order valence-electron chi connectivity index (χ0n) is 33.8. The Labute approximate surface area is 337 Å². The van der Waals surface area contributed by atoms with Crippen LogP contribution in [0, 0.1) is 23.2 Å². The van der Waals surface area contributed by atoms with Gasteiger partial charge in [0.15, 0.2) is 0 Å². The second-order valence-corrected chi connectivity index (χ2v) is 17.2. The fraction of sp³-hybridized carbons (Fsp3) is 0.786. The van der Waals surface area contributed by atoms with E-state index in [1.807, 2.05) is 31.2 Å². The van der Waals surface area contributed by atoms with Crippen LogP contribution in [0.25, 0.3) is 0 Å². The predicted octanol–water partition coefficient (Wildman–Crippen LogP) is 1.99. The molecule has 0 spiro atoms. The number of carbonyl (C=O) groups is 2. The molecule has 6 rings (SSSR count). The predicted molar refractivity (Wildman–Crippen MR) is 211 cm³/mol. The van der Waals surface area contributed by atoms with Gasteiger partial charge in [-0.25, -0.2) is 4.79 Å². The molecule has 4 unspecified atom stereocenters. The second kappa shape index (κ2) is 20.8. The molecule has 1 aliphatic heterocycles. The minimum absolute atomic E-state index is 0.0339. The number of hydrogen-bond acceptors (Lipinski definition) is 13. The van der Waals surface area contributed by atoms with Gasteiger partial charge in [-0.05, 0) is 107 Å². The summed E-state index contributed by atoms with van der Waals surface area (Å²) in [4.78, 5) is 28.0. The maximum absolute atomic E-state index is 13.3. The van der Waals surface area contributed by atoms with Gasteiger partial charge in [-0.3, -0.25) is 9.69 Å². The lowest BCUT2D eigenvalue weighted by atomic mass is 9.51. The van der Waals surface area contributed by atoms with Gasteiger partial charge in [-0.1, -0.05) is 38.3 Å². The van der Waals surface area contributed by atoms with Crippen LogP contribution in [0.5, 0.6) is 5.75 Å². The molecule has 9 atom stereocenters. The number of aliphatic hydroxyl groups excluding tert-OH is 5. The number of carbonyl (C=O) groups excluding carboxylic acids is 2. The van der Waals surface area contributed by atoms with E-state index in [0.29, 0.717) is 56.5 Å². The summed E-state index contributed by atoms with van der Waals surface area (Å²) in [7, 11) is 0. The molecule has 4 aliphatic carbocycles. The molecule has 1 aromatic carbocycles. The Hall–Kier alpha value is -3.07. The number of nitriles is 1. The Morgan fingerprint density at radius 2 is 1.74 bits per heavy atom. The Kier molecular flexibility index (Phi) is 16.4. The number of aliphatic hydroxyl groups is 5. The molecule has 0 aromatic heterocycles. The molecule has 4 saturated carbocycles. The van der Waals surface area contributed by atoms with E-state index < -0.39 is 54.9 Å². The lowest BCUT2D eigenvalue weighted by molar-refractivity contribution is -0.220. The summed E-state index contributed by atoms with van der Waals surface area (Å²) in [5.74, 6) is 1.37. The SMILES string of the molecule is CCCCCCN(CCc1ccc(OCCOC(N)=O)cc1)C(C(C)OC12CC3CC(CC(NCC(=O)N4CCC[C@H]4C#N)(C3)C1)C2)[C@H](O)[C@@H](O)[C@H](O)[C@H](O)CO. The smallest absolute Gasteiger partial charge is 0.404 e. The molecule has 320 valence electrons. The Balaban J connectivity index is 1.35. The molecule has 57 heavy (non-hydrogen) atoms. The third-order valence-electron chi connectivity index (χ3n) is 12.8. The van der Waals surface area contributed by atoms with Crippen molar-refractivity contribution < 1.29 is 49.3 Å². The van der Waals surface area contributed by atoms with Gasteiger partial charge in [-0.2, -0.15) is 5.26 Å². The van der Waals surface area contributed by atoms with Gasteiger partial charge >= 0.3 is 6.09 Å². The zero-order valence-corrected chi connectivity index (χ0v) is 33.8. The van der Waals surface area contributed by atoms with Crippen LogP contribution >= 0.6 is 0 Å². The van der Waals surface area contributed by atoms with Crippen LogP contribution < -0.4 is 15.8 Å². The number of likely N-dealkylation sites (tertiary alicyclic amines) is 1. The third kappa shape index (κ3) is 11.8. The number of nitrogens with two attached hydrogens (primary N) is 1. The molecule has 15 nitrogen and oxygen atoms in total. The number of benzene rings is 1. The van der Waals surface area contributed by atoms with E-state index in [0.717, 1.165) is 69.8 Å². The fourth-order valence-electron chi connectivity index (χ4n) is 10.6. The monoisotopic (exact) mass is 801 g/mol. The first-order chi connectivity index (χ1) is 27.3. The van der Waals surface area contributed by atoms with Crippen molar-refractivity contribution in [2.45, 2.75) is 151 Å². The molecule has 4 bridgehead atoms. The normalized spacial score (nSPS) is 28.4. The average Bonchev–Trinajstić information content (AvgIpc) is 3.67. The van der Waals surface area contributed by atoms with Crippen LogP contribution in [0.1, 0.15) is 96.5 Å². The molecule has 1 saturated heterocycles. The lowest BCUT2D eigenvalue weighted by Crippen LogP contribution is -2.67. The zero-order chi connectivity index (χ0) is 41.2.